The molecule has 0 saturated carbocycles. The van der Waals surface area contributed by atoms with Crippen molar-refractivity contribution in [2.24, 2.45) is 0 Å². The second-order valence-electron chi connectivity index (χ2n) is 27.1. The van der Waals surface area contributed by atoms with Crippen LogP contribution in [0.5, 0.6) is 0 Å². The van der Waals surface area contributed by atoms with Crippen molar-refractivity contribution in [1.82, 2.24) is 34.9 Å². The minimum atomic E-state index is 0.674. The lowest BCUT2D eigenvalue weighted by atomic mass is 9.85. The molecule has 504 valence electrons. The topological polar surface area (TPSA) is 90.2 Å². The largest absolute Gasteiger partial charge is 0.264 e. The van der Waals surface area contributed by atoms with Crippen LogP contribution >= 0.6 is 0 Å². The summed E-state index contributed by atoms with van der Waals surface area (Å²) >= 11 is 0. The maximum atomic E-state index is 5.33. The Labute approximate surface area is 625 Å². The number of hydrogen-bond acceptors (Lipinski definition) is 7. The van der Waals surface area contributed by atoms with E-state index in [9.17, 15) is 0 Å². The summed E-state index contributed by atoms with van der Waals surface area (Å²) in [5.74, 6) is 1.35. The molecule has 20 aromatic rings. The Hall–Kier alpha value is -14.5. The standard InChI is InChI=1S/C51H33N3.C50H32N4/c1-2-15-35(16-3-1)49-43-23-8-10-25-45(43)50(46-26-11-9-24-44(46)49)38-18-12-19-39(31-38)51-53-47(37-28-27-34-14-4-5-17-36(34)30-37)32-48(54-51)42-22-7-6-21-41(42)40-20-13-29-52-33-40;1-2-13-33(14-3-1)46-30-47(36-17-10-16-34(27-36)39-20-12-26-51-31-39)54-50(53-46)38-19-11-18-37(29-38)48-41-21-5-7-23-43(41)49(44-24-8-6-22-42(44)48)40-28-35-15-4-9-25-45(35)52-32-40/h1-33H;1-32H. The van der Waals surface area contributed by atoms with Gasteiger partial charge in [-0.1, -0.05) is 303 Å². The van der Waals surface area contributed by atoms with E-state index in [1.165, 1.54) is 81.7 Å². The first-order chi connectivity index (χ1) is 53.5. The quantitative estimate of drug-likeness (QED) is 0.113. The molecule has 0 amide bonds. The average molecular weight is 1380 g/mol. The summed E-state index contributed by atoms with van der Waals surface area (Å²) in [6, 6.07) is 128. The van der Waals surface area contributed by atoms with Crippen LogP contribution in [0.2, 0.25) is 0 Å². The third-order valence-corrected chi connectivity index (χ3v) is 20.5. The normalized spacial score (nSPS) is 11.3. The van der Waals surface area contributed by atoms with Crippen LogP contribution in [0.1, 0.15) is 0 Å². The summed E-state index contributed by atoms with van der Waals surface area (Å²) in [6.07, 6.45) is 9.42. The Morgan fingerprint density at radius 1 is 0.176 bits per heavy atom. The lowest BCUT2D eigenvalue weighted by Gasteiger charge is -2.18. The van der Waals surface area contributed by atoms with E-state index in [2.05, 4.69) is 338 Å². The highest BCUT2D eigenvalue weighted by Gasteiger charge is 2.22. The van der Waals surface area contributed by atoms with E-state index in [-0.39, 0.29) is 0 Å². The van der Waals surface area contributed by atoms with Crippen molar-refractivity contribution >= 4 is 64.8 Å². The predicted octanol–water partition coefficient (Wildman–Crippen LogP) is 26.1. The van der Waals surface area contributed by atoms with Gasteiger partial charge >= 0.3 is 0 Å². The molecule has 0 fully saturated rings. The molecular formula is C101H65N7. The number of hydrogen-bond donors (Lipinski definition) is 0. The van der Waals surface area contributed by atoms with Gasteiger partial charge in [-0.25, -0.2) is 19.9 Å². The van der Waals surface area contributed by atoms with Crippen molar-refractivity contribution in [2.75, 3.05) is 0 Å². The first kappa shape index (κ1) is 64.3. The maximum Gasteiger partial charge on any atom is 0.160 e. The molecule has 0 aliphatic carbocycles. The van der Waals surface area contributed by atoms with Gasteiger partial charge < -0.3 is 0 Å². The first-order valence-corrected chi connectivity index (χ1v) is 36.4. The minimum absolute atomic E-state index is 0.674. The SMILES string of the molecule is c1ccc(-c2c3ccccc3c(-c3cccc(-c4nc(-c5ccc6ccccc6c5)cc(-c5ccccc5-c5cccnc5)n4)c3)c3ccccc23)cc1.c1ccc(-c2cc(-c3cccc(-c4cccnc4)c3)nc(-c3cccc(-c4c5ccccc5c(-c5cnc6ccccc6c5)c5ccccc45)c3)n2)cc1. The van der Waals surface area contributed by atoms with Gasteiger partial charge in [0.25, 0.3) is 0 Å². The molecule has 7 nitrogen and oxygen atoms in total. The summed E-state index contributed by atoms with van der Waals surface area (Å²) in [7, 11) is 0. The Morgan fingerprint density at radius 2 is 0.546 bits per heavy atom. The second kappa shape index (κ2) is 28.3. The van der Waals surface area contributed by atoms with Crippen LogP contribution in [0.25, 0.3) is 199 Å². The van der Waals surface area contributed by atoms with Crippen LogP contribution in [0, 0.1) is 0 Å². The number of pyridine rings is 3. The zero-order chi connectivity index (χ0) is 71.7. The van der Waals surface area contributed by atoms with Gasteiger partial charge in [0.05, 0.1) is 28.3 Å². The van der Waals surface area contributed by atoms with Gasteiger partial charge in [0, 0.05) is 86.4 Å². The molecule has 0 aliphatic heterocycles. The summed E-state index contributed by atoms with van der Waals surface area (Å²) < 4.78 is 0. The first-order valence-electron chi connectivity index (χ1n) is 36.4. The highest BCUT2D eigenvalue weighted by Crippen LogP contribution is 2.47. The lowest BCUT2D eigenvalue weighted by Crippen LogP contribution is -1.97. The van der Waals surface area contributed by atoms with E-state index in [1.807, 2.05) is 55.0 Å². The van der Waals surface area contributed by atoms with Crippen molar-refractivity contribution in [3.63, 3.8) is 0 Å². The summed E-state index contributed by atoms with van der Waals surface area (Å²) in [6.45, 7) is 0. The molecule has 0 spiro atoms. The molecule has 0 saturated heterocycles. The number of rotatable bonds is 12. The van der Waals surface area contributed by atoms with Crippen molar-refractivity contribution in [2.45, 2.75) is 0 Å². The third-order valence-electron chi connectivity index (χ3n) is 20.5. The Kier molecular flexibility index (Phi) is 16.8. The molecule has 0 radical (unpaired) electrons. The number of para-hydroxylation sites is 1. The summed E-state index contributed by atoms with van der Waals surface area (Å²) in [4.78, 5) is 34.7. The zero-order valence-corrected chi connectivity index (χ0v) is 58.7. The Bertz CT molecular complexity index is 6690. The van der Waals surface area contributed by atoms with Crippen molar-refractivity contribution < 1.29 is 0 Å². The van der Waals surface area contributed by atoms with Crippen molar-refractivity contribution in [3.05, 3.63) is 395 Å². The fourth-order valence-corrected chi connectivity index (χ4v) is 15.5. The van der Waals surface area contributed by atoms with Gasteiger partial charge in [-0.05, 0) is 165 Å². The van der Waals surface area contributed by atoms with E-state index in [1.54, 1.807) is 12.4 Å². The molecule has 0 N–H and O–H groups in total. The average Bonchev–Trinajstić information content (AvgIpc) is 0.739. The van der Waals surface area contributed by atoms with E-state index in [0.717, 1.165) is 106 Å². The van der Waals surface area contributed by atoms with Crippen LogP contribution in [-0.2, 0) is 0 Å². The van der Waals surface area contributed by atoms with Crippen LogP contribution in [0.4, 0.5) is 0 Å². The number of nitrogens with zero attached hydrogens (tertiary/aromatic N) is 7. The summed E-state index contributed by atoms with van der Waals surface area (Å²) in [5, 5.41) is 13.1. The van der Waals surface area contributed by atoms with Crippen molar-refractivity contribution in [1.29, 1.82) is 0 Å². The monoisotopic (exact) mass is 1380 g/mol. The molecule has 108 heavy (non-hydrogen) atoms. The van der Waals surface area contributed by atoms with Gasteiger partial charge in [-0.15, -0.1) is 0 Å². The lowest BCUT2D eigenvalue weighted by molar-refractivity contribution is 1.18. The highest BCUT2D eigenvalue weighted by molar-refractivity contribution is 6.23. The van der Waals surface area contributed by atoms with Gasteiger partial charge in [-0.3, -0.25) is 15.0 Å². The van der Waals surface area contributed by atoms with Gasteiger partial charge in [0.2, 0.25) is 0 Å². The molecule has 15 aromatic carbocycles. The van der Waals surface area contributed by atoms with Gasteiger partial charge in [-0.2, -0.15) is 0 Å². The number of aromatic nitrogens is 7. The molecule has 20 rings (SSSR count). The Balaban J connectivity index is 0.000000147. The van der Waals surface area contributed by atoms with Gasteiger partial charge in [0.1, 0.15) is 0 Å². The van der Waals surface area contributed by atoms with Crippen LogP contribution < -0.4 is 0 Å². The summed E-state index contributed by atoms with van der Waals surface area (Å²) in [5.41, 5.74) is 24.1. The van der Waals surface area contributed by atoms with E-state index < -0.39 is 0 Å². The third kappa shape index (κ3) is 12.3. The van der Waals surface area contributed by atoms with Crippen LogP contribution in [0.3, 0.4) is 0 Å². The number of fused-ring (bicyclic) bond motifs is 6. The van der Waals surface area contributed by atoms with Crippen molar-refractivity contribution in [3.8, 4) is 135 Å². The fraction of sp³-hybridized carbons (Fsp3) is 0. The van der Waals surface area contributed by atoms with Crippen LogP contribution in [-0.4, -0.2) is 34.9 Å². The fourth-order valence-electron chi connectivity index (χ4n) is 15.5. The number of benzene rings is 15. The van der Waals surface area contributed by atoms with E-state index in [4.69, 9.17) is 24.9 Å². The molecule has 5 aromatic heterocycles. The zero-order valence-electron chi connectivity index (χ0n) is 58.7. The molecule has 0 aliphatic rings. The molecule has 0 atom stereocenters. The molecule has 0 unspecified atom stereocenters. The molecule has 5 heterocycles. The molecule has 7 heteroatoms. The smallest absolute Gasteiger partial charge is 0.160 e. The van der Waals surface area contributed by atoms with E-state index in [0.29, 0.717) is 11.6 Å². The Morgan fingerprint density at radius 3 is 1.10 bits per heavy atom. The molecular weight excluding hydrogens is 1310 g/mol. The van der Waals surface area contributed by atoms with E-state index >= 15 is 0 Å². The van der Waals surface area contributed by atoms with Gasteiger partial charge in [0.15, 0.2) is 11.6 Å². The second-order valence-corrected chi connectivity index (χ2v) is 27.1. The minimum Gasteiger partial charge on any atom is -0.264 e. The predicted molar refractivity (Wildman–Crippen MR) is 448 cm³/mol. The van der Waals surface area contributed by atoms with Crippen LogP contribution in [0.15, 0.2) is 395 Å². The highest BCUT2D eigenvalue weighted by atomic mass is 14.9. The molecule has 0 bridgehead atoms. The maximum absolute atomic E-state index is 5.33.